The molecular formula is C16H21N3O. The number of hydrogen-bond donors (Lipinski definition) is 1. The lowest BCUT2D eigenvalue weighted by Crippen LogP contribution is -2.16. The monoisotopic (exact) mass is 271 g/mol. The number of aromatic nitrogens is 2. The molecule has 4 heteroatoms. The van der Waals surface area contributed by atoms with Gasteiger partial charge in [0, 0.05) is 42.8 Å². The molecule has 2 aromatic rings. The molecule has 4 nitrogen and oxygen atoms in total. The van der Waals surface area contributed by atoms with E-state index in [0.29, 0.717) is 0 Å². The van der Waals surface area contributed by atoms with Gasteiger partial charge in [0.25, 0.3) is 0 Å². The van der Waals surface area contributed by atoms with Crippen LogP contribution in [0.2, 0.25) is 0 Å². The van der Waals surface area contributed by atoms with Crippen molar-refractivity contribution in [3.63, 3.8) is 0 Å². The highest BCUT2D eigenvalue weighted by atomic mass is 16.5. The molecule has 0 aliphatic rings. The summed E-state index contributed by atoms with van der Waals surface area (Å²) in [4.78, 5) is 8.63. The number of hydrogen-bond acceptors (Lipinski definition) is 4. The van der Waals surface area contributed by atoms with Crippen LogP contribution in [0.4, 0.5) is 0 Å². The topological polar surface area (TPSA) is 47.0 Å². The van der Waals surface area contributed by atoms with Gasteiger partial charge in [-0.2, -0.15) is 0 Å². The molecule has 0 aliphatic heterocycles. The first-order valence-corrected chi connectivity index (χ1v) is 6.72. The average Bonchev–Trinajstić information content (AvgIpc) is 2.44. The van der Waals surface area contributed by atoms with Gasteiger partial charge in [-0.1, -0.05) is 0 Å². The minimum absolute atomic E-state index is 0.719. The van der Waals surface area contributed by atoms with Gasteiger partial charge in [0.05, 0.1) is 12.8 Å². The quantitative estimate of drug-likeness (QED) is 0.908. The number of methoxy groups -OCH3 is 1. The van der Waals surface area contributed by atoms with E-state index >= 15 is 0 Å². The predicted octanol–water partition coefficient (Wildman–Crippen LogP) is 2.70. The molecule has 20 heavy (non-hydrogen) atoms. The zero-order chi connectivity index (χ0) is 14.5. The van der Waals surface area contributed by atoms with Crippen molar-refractivity contribution in [3.8, 4) is 5.75 Å². The number of pyridine rings is 2. The summed E-state index contributed by atoms with van der Waals surface area (Å²) in [5.41, 5.74) is 5.65. The Morgan fingerprint density at radius 2 is 1.90 bits per heavy atom. The van der Waals surface area contributed by atoms with E-state index in [2.05, 4.69) is 22.2 Å². The fraction of sp³-hybridized carbons (Fsp3) is 0.375. The highest BCUT2D eigenvalue weighted by molar-refractivity contribution is 5.41. The standard InChI is InChI=1S/C16H21N3O/c1-11-5-6-17-8-14(11)9-18-10-15-13(3)16(20-4)12(2)7-19-15/h5-8,18H,9-10H2,1-4H3. The van der Waals surface area contributed by atoms with Crippen LogP contribution in [0.25, 0.3) is 0 Å². The van der Waals surface area contributed by atoms with Crippen molar-refractivity contribution in [1.29, 1.82) is 0 Å². The molecule has 0 atom stereocenters. The van der Waals surface area contributed by atoms with Gasteiger partial charge in [0.15, 0.2) is 0 Å². The van der Waals surface area contributed by atoms with Crippen LogP contribution in [-0.4, -0.2) is 17.1 Å². The predicted molar refractivity (Wildman–Crippen MR) is 79.8 cm³/mol. The number of ether oxygens (including phenoxy) is 1. The van der Waals surface area contributed by atoms with E-state index in [0.717, 1.165) is 35.7 Å². The van der Waals surface area contributed by atoms with E-state index in [9.17, 15) is 0 Å². The van der Waals surface area contributed by atoms with Crippen LogP contribution in [0.1, 0.15) is 27.9 Å². The van der Waals surface area contributed by atoms with Gasteiger partial charge in [0.1, 0.15) is 5.75 Å². The number of rotatable bonds is 5. The first kappa shape index (κ1) is 14.5. The molecule has 1 N–H and O–H groups in total. The highest BCUT2D eigenvalue weighted by Gasteiger charge is 2.09. The second-order valence-electron chi connectivity index (χ2n) is 4.95. The maximum atomic E-state index is 5.42. The number of nitrogens with one attached hydrogen (secondary N) is 1. The summed E-state index contributed by atoms with van der Waals surface area (Å²) < 4.78 is 5.42. The Hall–Kier alpha value is -1.94. The van der Waals surface area contributed by atoms with Gasteiger partial charge < -0.3 is 10.1 Å². The lowest BCUT2D eigenvalue weighted by molar-refractivity contribution is 0.406. The second kappa shape index (κ2) is 6.48. The van der Waals surface area contributed by atoms with Crippen LogP contribution >= 0.6 is 0 Å². The summed E-state index contributed by atoms with van der Waals surface area (Å²) in [5.74, 6) is 0.925. The van der Waals surface area contributed by atoms with Gasteiger partial charge >= 0.3 is 0 Å². The second-order valence-corrected chi connectivity index (χ2v) is 4.95. The first-order valence-electron chi connectivity index (χ1n) is 6.72. The Balaban J connectivity index is 2.03. The first-order chi connectivity index (χ1) is 9.63. The van der Waals surface area contributed by atoms with E-state index < -0.39 is 0 Å². The summed E-state index contributed by atoms with van der Waals surface area (Å²) in [6.45, 7) is 7.66. The van der Waals surface area contributed by atoms with E-state index in [-0.39, 0.29) is 0 Å². The Bertz CT molecular complexity index is 596. The smallest absolute Gasteiger partial charge is 0.128 e. The largest absolute Gasteiger partial charge is 0.496 e. The molecule has 2 rings (SSSR count). The van der Waals surface area contributed by atoms with Crippen LogP contribution in [0.3, 0.4) is 0 Å². The molecule has 0 spiro atoms. The van der Waals surface area contributed by atoms with Crippen molar-refractivity contribution in [2.24, 2.45) is 0 Å². The molecule has 0 amide bonds. The van der Waals surface area contributed by atoms with Gasteiger partial charge in [-0.25, -0.2) is 0 Å². The number of aryl methyl sites for hydroxylation is 2. The third-order valence-electron chi connectivity index (χ3n) is 3.51. The maximum Gasteiger partial charge on any atom is 0.128 e. The Labute approximate surface area is 120 Å². The SMILES string of the molecule is COc1c(C)cnc(CNCc2cnccc2C)c1C. The van der Waals surface area contributed by atoms with Crippen LogP contribution in [-0.2, 0) is 13.1 Å². The molecule has 2 aromatic heterocycles. The normalized spacial score (nSPS) is 10.6. The maximum absolute atomic E-state index is 5.42. The van der Waals surface area contributed by atoms with Gasteiger partial charge in [-0.3, -0.25) is 9.97 Å². The molecule has 0 saturated carbocycles. The van der Waals surface area contributed by atoms with E-state index in [1.165, 1.54) is 11.1 Å². The summed E-state index contributed by atoms with van der Waals surface area (Å²) in [6, 6.07) is 2.02. The van der Waals surface area contributed by atoms with Crippen LogP contribution in [0, 0.1) is 20.8 Å². The van der Waals surface area contributed by atoms with Crippen LogP contribution in [0.15, 0.2) is 24.7 Å². The van der Waals surface area contributed by atoms with Crippen LogP contribution < -0.4 is 10.1 Å². The fourth-order valence-corrected chi connectivity index (χ4v) is 2.25. The van der Waals surface area contributed by atoms with Crippen molar-refractivity contribution in [3.05, 3.63) is 52.6 Å². The van der Waals surface area contributed by atoms with E-state index in [4.69, 9.17) is 4.74 Å². The molecule has 0 aromatic carbocycles. The van der Waals surface area contributed by atoms with Crippen LogP contribution in [0.5, 0.6) is 5.75 Å². The minimum Gasteiger partial charge on any atom is -0.496 e. The van der Waals surface area contributed by atoms with Gasteiger partial charge in [-0.15, -0.1) is 0 Å². The summed E-state index contributed by atoms with van der Waals surface area (Å²) in [6.07, 6.45) is 5.58. The Morgan fingerprint density at radius 1 is 1.10 bits per heavy atom. The lowest BCUT2D eigenvalue weighted by Gasteiger charge is -2.13. The Morgan fingerprint density at radius 3 is 2.60 bits per heavy atom. The van der Waals surface area contributed by atoms with Crippen molar-refractivity contribution >= 4 is 0 Å². The minimum atomic E-state index is 0.719. The van der Waals surface area contributed by atoms with Gasteiger partial charge in [-0.05, 0) is 38.0 Å². The molecular weight excluding hydrogens is 250 g/mol. The molecule has 0 radical (unpaired) electrons. The fourth-order valence-electron chi connectivity index (χ4n) is 2.25. The van der Waals surface area contributed by atoms with Crippen molar-refractivity contribution in [2.45, 2.75) is 33.9 Å². The molecule has 0 saturated heterocycles. The van der Waals surface area contributed by atoms with E-state index in [1.807, 2.05) is 38.5 Å². The van der Waals surface area contributed by atoms with Crippen molar-refractivity contribution in [1.82, 2.24) is 15.3 Å². The zero-order valence-corrected chi connectivity index (χ0v) is 12.5. The Kier molecular flexibility index (Phi) is 4.69. The third kappa shape index (κ3) is 3.14. The molecule has 0 bridgehead atoms. The average molecular weight is 271 g/mol. The summed E-state index contributed by atoms with van der Waals surface area (Å²) in [7, 11) is 1.70. The number of nitrogens with zero attached hydrogens (tertiary/aromatic N) is 2. The van der Waals surface area contributed by atoms with Gasteiger partial charge in [0.2, 0.25) is 0 Å². The van der Waals surface area contributed by atoms with Crippen molar-refractivity contribution in [2.75, 3.05) is 7.11 Å². The highest BCUT2D eigenvalue weighted by Crippen LogP contribution is 2.23. The lowest BCUT2D eigenvalue weighted by atomic mass is 10.1. The molecule has 106 valence electrons. The molecule has 0 unspecified atom stereocenters. The summed E-state index contributed by atoms with van der Waals surface area (Å²) in [5, 5.41) is 3.41. The molecule has 2 heterocycles. The zero-order valence-electron chi connectivity index (χ0n) is 12.5. The third-order valence-corrected chi connectivity index (χ3v) is 3.51. The van der Waals surface area contributed by atoms with E-state index in [1.54, 1.807) is 7.11 Å². The summed E-state index contributed by atoms with van der Waals surface area (Å²) >= 11 is 0. The van der Waals surface area contributed by atoms with Crippen molar-refractivity contribution < 1.29 is 4.74 Å². The molecule has 0 aliphatic carbocycles. The molecule has 0 fully saturated rings.